The molecule has 1 amide bonds. The van der Waals surface area contributed by atoms with E-state index in [9.17, 15) is 9.18 Å². The smallest absolute Gasteiger partial charge is 0.251 e. The van der Waals surface area contributed by atoms with Gasteiger partial charge in [0.05, 0.1) is 19.0 Å². The number of carbonyl (C=O) groups excluding carboxylic acids is 1. The molecule has 1 aliphatic carbocycles. The summed E-state index contributed by atoms with van der Waals surface area (Å²) in [5, 5.41) is 8.05. The zero-order valence-corrected chi connectivity index (χ0v) is 13.1. The highest BCUT2D eigenvalue weighted by molar-refractivity contribution is 6.00. The van der Waals surface area contributed by atoms with Crippen LogP contribution in [0.5, 0.6) is 5.75 Å². The molecule has 0 saturated heterocycles. The number of rotatable bonds is 4. The van der Waals surface area contributed by atoms with Gasteiger partial charge in [0.15, 0.2) is 0 Å². The van der Waals surface area contributed by atoms with E-state index < -0.39 is 0 Å². The van der Waals surface area contributed by atoms with Crippen molar-refractivity contribution in [3.63, 3.8) is 0 Å². The van der Waals surface area contributed by atoms with Crippen molar-refractivity contribution in [2.45, 2.75) is 18.9 Å². The van der Waals surface area contributed by atoms with Crippen molar-refractivity contribution in [3.8, 4) is 11.4 Å². The fraction of sp³-hybridized carbons (Fsp3) is 0.222. The lowest BCUT2D eigenvalue weighted by Crippen LogP contribution is -2.25. The molecule has 0 spiro atoms. The lowest BCUT2D eigenvalue weighted by Gasteiger charge is -2.10. The summed E-state index contributed by atoms with van der Waals surface area (Å²) in [6.45, 7) is 0. The van der Waals surface area contributed by atoms with E-state index in [2.05, 4.69) is 10.4 Å². The second-order valence-corrected chi connectivity index (χ2v) is 5.90. The molecular weight excluding hydrogens is 309 g/mol. The first-order valence-electron chi connectivity index (χ1n) is 7.78. The van der Waals surface area contributed by atoms with E-state index in [1.807, 2.05) is 0 Å². The topological polar surface area (TPSA) is 56.1 Å². The van der Waals surface area contributed by atoms with Crippen molar-refractivity contribution in [1.29, 1.82) is 0 Å². The maximum Gasteiger partial charge on any atom is 0.251 e. The monoisotopic (exact) mass is 325 g/mol. The SMILES string of the molecule is COc1cc(C(=O)NC2CC2)cc2cnn(-c3cccc(F)c3)c12. The van der Waals surface area contributed by atoms with Crippen LogP contribution >= 0.6 is 0 Å². The molecule has 1 heterocycles. The van der Waals surface area contributed by atoms with Crippen molar-refractivity contribution >= 4 is 16.8 Å². The number of benzene rings is 2. The van der Waals surface area contributed by atoms with E-state index in [-0.39, 0.29) is 17.8 Å². The summed E-state index contributed by atoms with van der Waals surface area (Å²) < 4.78 is 20.6. The molecule has 24 heavy (non-hydrogen) atoms. The van der Waals surface area contributed by atoms with Crippen LogP contribution in [-0.4, -0.2) is 28.8 Å². The minimum absolute atomic E-state index is 0.115. The average Bonchev–Trinajstić information content (AvgIpc) is 3.29. The second-order valence-electron chi connectivity index (χ2n) is 5.90. The van der Waals surface area contributed by atoms with E-state index in [0.717, 1.165) is 18.2 Å². The number of hydrogen-bond acceptors (Lipinski definition) is 3. The summed E-state index contributed by atoms with van der Waals surface area (Å²) in [6.07, 6.45) is 3.71. The highest BCUT2D eigenvalue weighted by atomic mass is 19.1. The minimum Gasteiger partial charge on any atom is -0.494 e. The molecule has 122 valence electrons. The van der Waals surface area contributed by atoms with Gasteiger partial charge in [0.2, 0.25) is 0 Å². The molecule has 0 bridgehead atoms. The zero-order chi connectivity index (χ0) is 16.7. The molecule has 1 fully saturated rings. The van der Waals surface area contributed by atoms with Crippen molar-refractivity contribution in [2.75, 3.05) is 7.11 Å². The van der Waals surface area contributed by atoms with Gasteiger partial charge in [-0.25, -0.2) is 9.07 Å². The Kier molecular flexibility index (Phi) is 3.45. The molecule has 1 aromatic heterocycles. The molecular formula is C18H16FN3O2. The van der Waals surface area contributed by atoms with Crippen molar-refractivity contribution < 1.29 is 13.9 Å². The van der Waals surface area contributed by atoms with Gasteiger partial charge in [-0.3, -0.25) is 4.79 Å². The van der Waals surface area contributed by atoms with Crippen LogP contribution in [0.3, 0.4) is 0 Å². The molecule has 0 radical (unpaired) electrons. The molecule has 2 aromatic carbocycles. The predicted molar refractivity (Wildman–Crippen MR) is 88.1 cm³/mol. The number of nitrogens with zero attached hydrogens (tertiary/aromatic N) is 2. The normalized spacial score (nSPS) is 13.9. The molecule has 0 aliphatic heterocycles. The molecule has 0 unspecified atom stereocenters. The van der Waals surface area contributed by atoms with E-state index in [0.29, 0.717) is 22.5 Å². The third-order valence-corrected chi connectivity index (χ3v) is 4.08. The molecule has 0 atom stereocenters. The van der Waals surface area contributed by atoms with E-state index in [1.165, 1.54) is 12.1 Å². The van der Waals surface area contributed by atoms with Crippen LogP contribution in [0.25, 0.3) is 16.6 Å². The molecule has 1 saturated carbocycles. The Morgan fingerprint density at radius 1 is 1.33 bits per heavy atom. The molecule has 6 heteroatoms. The Morgan fingerprint density at radius 3 is 2.88 bits per heavy atom. The number of ether oxygens (including phenoxy) is 1. The third kappa shape index (κ3) is 2.60. The lowest BCUT2D eigenvalue weighted by molar-refractivity contribution is 0.0951. The summed E-state index contributed by atoms with van der Waals surface area (Å²) in [5.74, 6) is 0.0713. The van der Waals surface area contributed by atoms with E-state index >= 15 is 0 Å². The Bertz CT molecular complexity index is 931. The van der Waals surface area contributed by atoms with Crippen LogP contribution in [0.15, 0.2) is 42.6 Å². The van der Waals surface area contributed by atoms with Gasteiger partial charge in [0.25, 0.3) is 5.91 Å². The maximum absolute atomic E-state index is 13.5. The number of nitrogens with one attached hydrogen (secondary N) is 1. The van der Waals surface area contributed by atoms with Crippen molar-refractivity contribution in [3.05, 3.63) is 54.0 Å². The Hall–Kier alpha value is -2.89. The van der Waals surface area contributed by atoms with Crippen LogP contribution in [0.1, 0.15) is 23.2 Å². The number of hydrogen-bond donors (Lipinski definition) is 1. The maximum atomic E-state index is 13.5. The van der Waals surface area contributed by atoms with Gasteiger partial charge < -0.3 is 10.1 Å². The van der Waals surface area contributed by atoms with Crippen LogP contribution in [-0.2, 0) is 0 Å². The average molecular weight is 325 g/mol. The first-order chi connectivity index (χ1) is 11.7. The van der Waals surface area contributed by atoms with Gasteiger partial charge in [-0.15, -0.1) is 0 Å². The Morgan fingerprint density at radius 2 is 2.17 bits per heavy atom. The summed E-state index contributed by atoms with van der Waals surface area (Å²) in [5.41, 5.74) is 1.83. The molecule has 3 aromatic rings. The van der Waals surface area contributed by atoms with Gasteiger partial charge in [0, 0.05) is 17.0 Å². The first kappa shape index (κ1) is 14.7. The quantitative estimate of drug-likeness (QED) is 0.802. The van der Waals surface area contributed by atoms with Crippen LogP contribution < -0.4 is 10.1 Å². The fourth-order valence-corrected chi connectivity index (χ4v) is 2.72. The van der Waals surface area contributed by atoms with Gasteiger partial charge in [0.1, 0.15) is 17.1 Å². The van der Waals surface area contributed by atoms with Crippen molar-refractivity contribution in [1.82, 2.24) is 15.1 Å². The third-order valence-electron chi connectivity index (χ3n) is 4.08. The Labute approximate surface area is 138 Å². The number of amides is 1. The van der Waals surface area contributed by atoms with Gasteiger partial charge in [-0.2, -0.15) is 5.10 Å². The Balaban J connectivity index is 1.82. The van der Waals surface area contributed by atoms with Crippen LogP contribution in [0.2, 0.25) is 0 Å². The number of methoxy groups -OCH3 is 1. The molecule has 1 aliphatic rings. The first-order valence-corrected chi connectivity index (χ1v) is 7.78. The molecule has 1 N–H and O–H groups in total. The summed E-state index contributed by atoms with van der Waals surface area (Å²) in [6, 6.07) is 9.93. The fourth-order valence-electron chi connectivity index (χ4n) is 2.72. The summed E-state index contributed by atoms with van der Waals surface area (Å²) in [7, 11) is 1.54. The van der Waals surface area contributed by atoms with Crippen molar-refractivity contribution in [2.24, 2.45) is 0 Å². The summed E-state index contributed by atoms with van der Waals surface area (Å²) in [4.78, 5) is 12.3. The number of aromatic nitrogens is 2. The van der Waals surface area contributed by atoms with E-state index in [1.54, 1.807) is 42.3 Å². The van der Waals surface area contributed by atoms with Gasteiger partial charge >= 0.3 is 0 Å². The molecule has 4 rings (SSSR count). The van der Waals surface area contributed by atoms with Gasteiger partial charge in [-0.1, -0.05) is 6.07 Å². The largest absolute Gasteiger partial charge is 0.494 e. The summed E-state index contributed by atoms with van der Waals surface area (Å²) >= 11 is 0. The van der Waals surface area contributed by atoms with Crippen LogP contribution in [0.4, 0.5) is 4.39 Å². The standard InChI is InChI=1S/C18H16FN3O2/c1-24-16-8-11(18(23)21-14-5-6-14)7-12-10-20-22(17(12)16)15-4-2-3-13(19)9-15/h2-4,7-10,14H,5-6H2,1H3,(H,21,23). The van der Waals surface area contributed by atoms with E-state index in [4.69, 9.17) is 4.74 Å². The minimum atomic E-state index is -0.337. The highest BCUT2D eigenvalue weighted by Gasteiger charge is 2.24. The lowest BCUT2D eigenvalue weighted by atomic mass is 10.1. The number of fused-ring (bicyclic) bond motifs is 1. The van der Waals surface area contributed by atoms with Gasteiger partial charge in [-0.05, 0) is 43.2 Å². The van der Waals surface area contributed by atoms with Crippen LogP contribution in [0, 0.1) is 5.82 Å². The zero-order valence-electron chi connectivity index (χ0n) is 13.1. The number of carbonyl (C=O) groups is 1. The predicted octanol–water partition coefficient (Wildman–Crippen LogP) is 3.07. The molecule has 5 nitrogen and oxygen atoms in total. The number of halogens is 1. The second kappa shape index (κ2) is 5.63. The highest BCUT2D eigenvalue weighted by Crippen LogP contribution is 2.30.